The standard InChI is InChI=1S/C24H25F3N6O4.C24H28FN9O4.C23H25F3N8O4/c1-12-19-21(32-23(28)29-12)24(26,27)20(31-22(19)33-37-9-8-14(35)11-34)15-7-6-13(25)10-16(15)17-4-3-5-18(30-17)36-2;1-10-19-15(33-24(27)30-10)6-14(31-22(19)34-38-9-17-20(36)18(35)8-28-17)12-4-3-11(25)5-13(12)16-7-29-21(26)23(32-16)37-2;1-10-16-18(33-22(28)30-10)23(25,26)17(32-20(16)34-38-6-5-12(36)9-35)13-4-3-11(24)7-14(13)15-8-29-19(27)21(31-15)37-2/h3-7,10,14,20,34-35H,8-9,11H2,1-2H3,(H,31,33)(H2,28,29,32);3-5,7,14,17-18,20,28,35-36H,6,8-9H2,1-2H3,(H2,26,29)(H,31,34)(H2,27,30,33);3-4,7-8,12,17,35-36H,5-6,9H2,1-2H3,(H2,27,29)(H,32,34)(H2,28,30,33)/t14?,20-;14-,17?,18?,20?;12?,17-/m010/s1. The molecular weight excluding hydrogens is 1500 g/mol. The van der Waals surface area contributed by atoms with Gasteiger partial charge in [-0.15, -0.1) is 0 Å². The van der Waals surface area contributed by atoms with Crippen LogP contribution >= 0.6 is 0 Å². The van der Waals surface area contributed by atoms with E-state index in [1.54, 1.807) is 31.2 Å². The molecule has 20 N–H and O–H groups in total. The number of aromatic nitrogens is 11. The number of nitrogens with zero attached hydrogens (tertiary/aromatic N) is 14. The van der Waals surface area contributed by atoms with E-state index in [2.05, 4.69) is 86.6 Å². The number of ether oxygens (including phenoxy) is 3. The number of β-amino-alcohol motifs (C(OH)–C–C–N with tert-alkyl or cyclic N) is 1. The first-order valence-electron chi connectivity index (χ1n) is 34.4. The number of nitrogens with one attached hydrogen (secondary N) is 4. The van der Waals surface area contributed by atoms with Crippen molar-refractivity contribution in [2.45, 2.75) is 100 Å². The van der Waals surface area contributed by atoms with Gasteiger partial charge in [0.15, 0.2) is 29.1 Å². The van der Waals surface area contributed by atoms with E-state index in [4.69, 9.17) is 72.6 Å². The number of amidine groups is 3. The summed E-state index contributed by atoms with van der Waals surface area (Å²) in [4.78, 5) is 74.8. The number of aliphatic hydroxyl groups excluding tert-OH is 6. The Morgan fingerprint density at radius 1 is 0.531 bits per heavy atom. The van der Waals surface area contributed by atoms with Crippen molar-refractivity contribution in [1.82, 2.24) is 76.6 Å². The predicted molar refractivity (Wildman–Crippen MR) is 392 cm³/mol. The quantitative estimate of drug-likeness (QED) is 0.0261. The highest BCUT2D eigenvalue weighted by Crippen LogP contribution is 2.52. The summed E-state index contributed by atoms with van der Waals surface area (Å²) < 4.78 is 123. The Morgan fingerprint density at radius 3 is 1.43 bits per heavy atom. The molecule has 0 spiro atoms. The molecule has 113 heavy (non-hydrogen) atoms. The molecule has 4 aliphatic heterocycles. The van der Waals surface area contributed by atoms with Crippen LogP contribution in [0.25, 0.3) is 33.8 Å². The zero-order valence-corrected chi connectivity index (χ0v) is 61.0. The zero-order chi connectivity index (χ0) is 81.3. The molecule has 1 saturated heterocycles. The maximum Gasteiger partial charge on any atom is 0.316 e. The molecule has 1 fully saturated rings. The summed E-state index contributed by atoms with van der Waals surface area (Å²) >= 11 is 0. The van der Waals surface area contributed by atoms with Crippen LogP contribution in [-0.4, -0.2) is 194 Å². The molecule has 0 saturated carbocycles. The van der Waals surface area contributed by atoms with E-state index in [9.17, 15) is 33.6 Å². The second-order valence-corrected chi connectivity index (χ2v) is 25.7. The molecular formula is C71H78F7N23O12. The fraction of sp³-hybridized carbons (Fsp3) is 0.352. The second kappa shape index (κ2) is 35.2. The van der Waals surface area contributed by atoms with Gasteiger partial charge in [-0.1, -0.05) is 24.3 Å². The third-order valence-corrected chi connectivity index (χ3v) is 18.0. The number of pyridine rings is 1. The summed E-state index contributed by atoms with van der Waals surface area (Å²) in [7, 11) is 4.13. The van der Waals surface area contributed by atoms with Crippen LogP contribution in [-0.2, 0) is 32.8 Å². The van der Waals surface area contributed by atoms with Crippen LogP contribution in [0.1, 0.15) is 98.5 Å². The van der Waals surface area contributed by atoms with Gasteiger partial charge in [0.25, 0.3) is 11.8 Å². The minimum Gasteiger partial charge on any atom is -0.481 e. The van der Waals surface area contributed by atoms with Gasteiger partial charge in [-0.3, -0.25) is 29.5 Å². The third kappa shape index (κ3) is 18.2. The van der Waals surface area contributed by atoms with Crippen LogP contribution in [0.15, 0.2) is 100 Å². The summed E-state index contributed by atoms with van der Waals surface area (Å²) in [6.45, 7) is 3.94. The smallest absolute Gasteiger partial charge is 0.316 e. The summed E-state index contributed by atoms with van der Waals surface area (Å²) in [5.41, 5.74) is 38.9. The number of nitrogen functional groups attached to an aromatic ring is 5. The van der Waals surface area contributed by atoms with E-state index >= 15 is 17.6 Å². The van der Waals surface area contributed by atoms with E-state index < -0.39 is 102 Å². The van der Waals surface area contributed by atoms with Crippen molar-refractivity contribution in [3.8, 4) is 51.4 Å². The summed E-state index contributed by atoms with van der Waals surface area (Å²) in [5, 5.41) is 59.8. The maximum absolute atomic E-state index is 16.1. The molecule has 5 unspecified atom stereocenters. The Bertz CT molecular complexity index is 5060. The number of methoxy groups -OCH3 is 3. The molecule has 42 heteroatoms. The minimum atomic E-state index is -3.73. The molecule has 0 amide bonds. The molecule has 13 rings (SSSR count). The van der Waals surface area contributed by atoms with E-state index in [0.29, 0.717) is 46.0 Å². The number of rotatable bonds is 22. The van der Waals surface area contributed by atoms with Gasteiger partial charge in [-0.05, 0) is 79.9 Å². The normalized spacial score (nSPS) is 18.9. The number of halogens is 7. The molecule has 8 atom stereocenters. The lowest BCUT2D eigenvalue weighted by atomic mass is 9.88. The van der Waals surface area contributed by atoms with Gasteiger partial charge in [0.2, 0.25) is 23.7 Å². The maximum atomic E-state index is 16.1. The number of hydrogen-bond acceptors (Lipinski definition) is 35. The summed E-state index contributed by atoms with van der Waals surface area (Å²) in [6.07, 6.45) is -0.752. The van der Waals surface area contributed by atoms with Crippen LogP contribution in [0.5, 0.6) is 17.6 Å². The summed E-state index contributed by atoms with van der Waals surface area (Å²) in [6, 6.07) is 10.8. The van der Waals surface area contributed by atoms with Gasteiger partial charge in [0.05, 0.1) is 160 Å². The van der Waals surface area contributed by atoms with Crippen LogP contribution in [0.3, 0.4) is 0 Å². The third-order valence-electron chi connectivity index (χ3n) is 18.0. The first-order chi connectivity index (χ1) is 54.0. The Hall–Kier alpha value is -11.9. The predicted octanol–water partition coefficient (Wildman–Crippen LogP) is 3.66. The SMILES string of the molecule is COc1cccc(-c2cc(F)ccc2[C@@H]2N=C(NOCCC(O)CO)c3c(C)nc(N)nc3C2(F)F)n1.COc1nc(-c2cc(F)ccc2[C@@H]2N=C(NOCCC(O)CO)c3c(C)nc(N)nc3C2(F)F)cnc1N.COc1nc(-c2cc(F)ccc2[C@H]2Cc3nc(N)nc(C)c3C(NOCC3NCC(O)C3O)=N2)cnc1N. The topological polar surface area (TPSA) is 534 Å². The van der Waals surface area contributed by atoms with Crippen LogP contribution < -0.4 is 64.6 Å². The van der Waals surface area contributed by atoms with Crippen molar-refractivity contribution < 1.29 is 90.1 Å². The van der Waals surface area contributed by atoms with Crippen molar-refractivity contribution >= 4 is 47.0 Å². The van der Waals surface area contributed by atoms with Gasteiger partial charge in [-0.2, -0.15) is 17.6 Å². The van der Waals surface area contributed by atoms with Gasteiger partial charge < -0.3 is 78.8 Å². The number of aryl methyl sites for hydroxylation is 3. The molecule has 0 radical (unpaired) electrons. The van der Waals surface area contributed by atoms with E-state index in [-0.39, 0.29) is 154 Å². The minimum absolute atomic E-state index is 0.0180. The molecule has 10 heterocycles. The van der Waals surface area contributed by atoms with Crippen molar-refractivity contribution in [3.05, 3.63) is 170 Å². The number of hydrogen-bond donors (Lipinski definition) is 15. The number of hydroxylamine groups is 3. The number of nitrogens with two attached hydrogens (primary N) is 5. The number of anilines is 5. The fourth-order valence-corrected chi connectivity index (χ4v) is 12.5. The van der Waals surface area contributed by atoms with Gasteiger partial charge in [-0.25, -0.2) is 84.4 Å². The molecule has 3 aromatic carbocycles. The number of benzene rings is 3. The first kappa shape index (κ1) is 82.1. The van der Waals surface area contributed by atoms with Gasteiger partial charge in [0, 0.05) is 48.6 Å². The Balaban J connectivity index is 0.000000167. The van der Waals surface area contributed by atoms with Crippen molar-refractivity contribution in [2.24, 2.45) is 15.0 Å². The molecule has 0 aliphatic carbocycles. The fourth-order valence-electron chi connectivity index (χ4n) is 12.5. The van der Waals surface area contributed by atoms with Crippen molar-refractivity contribution in [3.63, 3.8) is 0 Å². The number of alkyl halides is 4. The van der Waals surface area contributed by atoms with Crippen molar-refractivity contribution in [1.29, 1.82) is 0 Å². The largest absolute Gasteiger partial charge is 0.481 e. The average molecular weight is 1580 g/mol. The monoisotopic (exact) mass is 1580 g/mol. The highest BCUT2D eigenvalue weighted by atomic mass is 19.3. The van der Waals surface area contributed by atoms with E-state index in [1.807, 2.05) is 0 Å². The molecule has 0 bridgehead atoms. The van der Waals surface area contributed by atoms with Crippen LogP contribution in [0.2, 0.25) is 0 Å². The number of fused-ring (bicyclic) bond motifs is 3. The van der Waals surface area contributed by atoms with Crippen LogP contribution in [0, 0.1) is 38.2 Å². The van der Waals surface area contributed by atoms with Gasteiger partial charge in [0.1, 0.15) is 40.9 Å². The highest BCUT2D eigenvalue weighted by Gasteiger charge is 2.53. The lowest BCUT2D eigenvalue weighted by molar-refractivity contribution is -0.0397. The van der Waals surface area contributed by atoms with E-state index in [0.717, 1.165) is 30.3 Å². The Morgan fingerprint density at radius 2 is 0.973 bits per heavy atom. The molecule has 6 aromatic heterocycles. The second-order valence-electron chi connectivity index (χ2n) is 25.7. The highest BCUT2D eigenvalue weighted by molar-refractivity contribution is 6.03. The lowest BCUT2D eigenvalue weighted by Gasteiger charge is -2.32. The Labute approximate surface area is 638 Å². The zero-order valence-electron chi connectivity index (χ0n) is 61.0. The van der Waals surface area contributed by atoms with Crippen LogP contribution in [0.4, 0.5) is 60.2 Å². The number of aliphatic hydroxyl groups is 6. The van der Waals surface area contributed by atoms with E-state index in [1.165, 1.54) is 65.8 Å². The summed E-state index contributed by atoms with van der Waals surface area (Å²) in [5.74, 6) is -9.40. The number of aliphatic imine (C=N–C) groups is 3. The first-order valence-corrected chi connectivity index (χ1v) is 34.4. The average Bonchev–Trinajstić information content (AvgIpc) is 1.06. The molecule has 9 aromatic rings. The molecule has 4 aliphatic rings. The van der Waals surface area contributed by atoms with Gasteiger partial charge >= 0.3 is 11.8 Å². The lowest BCUT2D eigenvalue weighted by Crippen LogP contribution is -2.41. The Kier molecular flexibility index (Phi) is 25.6. The van der Waals surface area contributed by atoms with Crippen molar-refractivity contribution in [2.75, 3.05) is 89.6 Å². The molecule has 598 valence electrons. The molecule has 35 nitrogen and oxygen atoms in total.